The molecule has 0 spiro atoms. The van der Waals surface area contributed by atoms with Crippen molar-refractivity contribution in [2.24, 2.45) is 11.8 Å². The van der Waals surface area contributed by atoms with Gasteiger partial charge in [-0.3, -0.25) is 0 Å². The summed E-state index contributed by atoms with van der Waals surface area (Å²) < 4.78 is 2.35. The van der Waals surface area contributed by atoms with Gasteiger partial charge in [0, 0.05) is 18.9 Å². The fourth-order valence-electron chi connectivity index (χ4n) is 3.58. The van der Waals surface area contributed by atoms with Crippen LogP contribution in [-0.4, -0.2) is 16.1 Å². The van der Waals surface area contributed by atoms with Gasteiger partial charge in [0.1, 0.15) is 5.82 Å². The second-order valence-corrected chi connectivity index (χ2v) is 6.44. The van der Waals surface area contributed by atoms with Crippen molar-refractivity contribution in [3.63, 3.8) is 0 Å². The molecule has 114 valence electrons. The van der Waals surface area contributed by atoms with Crippen LogP contribution in [0.1, 0.15) is 71.2 Å². The fraction of sp³-hybridized carbons (Fsp3) is 0.824. The zero-order valence-electron chi connectivity index (χ0n) is 13.4. The Morgan fingerprint density at radius 1 is 1.35 bits per heavy atom. The van der Waals surface area contributed by atoms with Crippen molar-refractivity contribution in [1.29, 1.82) is 0 Å². The van der Waals surface area contributed by atoms with E-state index in [0.29, 0.717) is 6.04 Å². The van der Waals surface area contributed by atoms with Gasteiger partial charge in [-0.25, -0.2) is 4.98 Å². The minimum atomic E-state index is 0.444. The number of hydrogen-bond donors (Lipinski definition) is 1. The van der Waals surface area contributed by atoms with Crippen molar-refractivity contribution in [2.75, 3.05) is 6.54 Å². The molecule has 1 aromatic rings. The predicted molar refractivity (Wildman–Crippen MR) is 84.7 cm³/mol. The third-order valence-corrected chi connectivity index (χ3v) is 4.55. The third kappa shape index (κ3) is 3.85. The molecule has 0 aliphatic heterocycles. The van der Waals surface area contributed by atoms with Gasteiger partial charge in [0.2, 0.25) is 0 Å². The Hall–Kier alpha value is -0.830. The number of hydrogen-bond acceptors (Lipinski definition) is 2. The fourth-order valence-corrected chi connectivity index (χ4v) is 3.58. The maximum absolute atomic E-state index is 4.69. The largest absolute Gasteiger partial charge is 0.334 e. The van der Waals surface area contributed by atoms with Crippen LogP contribution in [0.15, 0.2) is 12.4 Å². The van der Waals surface area contributed by atoms with E-state index in [4.69, 9.17) is 0 Å². The highest BCUT2D eigenvalue weighted by Gasteiger charge is 2.29. The Labute approximate surface area is 124 Å². The lowest BCUT2D eigenvalue weighted by Crippen LogP contribution is -2.34. The molecule has 1 aliphatic carbocycles. The van der Waals surface area contributed by atoms with E-state index in [-0.39, 0.29) is 0 Å². The summed E-state index contributed by atoms with van der Waals surface area (Å²) in [6.07, 6.45) is 12.0. The minimum Gasteiger partial charge on any atom is -0.334 e. The minimum absolute atomic E-state index is 0.444. The van der Waals surface area contributed by atoms with Crippen LogP contribution in [-0.2, 0) is 6.54 Å². The zero-order chi connectivity index (χ0) is 14.4. The Morgan fingerprint density at radius 3 is 2.90 bits per heavy atom. The Bertz CT molecular complexity index is 385. The highest BCUT2D eigenvalue weighted by Crippen LogP contribution is 2.36. The molecule has 20 heavy (non-hydrogen) atoms. The molecule has 1 saturated carbocycles. The van der Waals surface area contributed by atoms with Gasteiger partial charge < -0.3 is 9.88 Å². The van der Waals surface area contributed by atoms with Gasteiger partial charge in [0.15, 0.2) is 0 Å². The molecule has 1 heterocycles. The summed E-state index contributed by atoms with van der Waals surface area (Å²) in [4.78, 5) is 4.69. The second-order valence-electron chi connectivity index (χ2n) is 6.44. The van der Waals surface area contributed by atoms with Crippen molar-refractivity contribution in [3.8, 4) is 0 Å². The van der Waals surface area contributed by atoms with Crippen LogP contribution in [0.4, 0.5) is 0 Å². The summed E-state index contributed by atoms with van der Waals surface area (Å²) >= 11 is 0. The normalized spacial score (nSPS) is 24.8. The number of aromatic nitrogens is 2. The molecular formula is C17H31N3. The first-order valence-corrected chi connectivity index (χ1v) is 8.50. The Morgan fingerprint density at radius 2 is 2.20 bits per heavy atom. The summed E-state index contributed by atoms with van der Waals surface area (Å²) in [7, 11) is 0. The van der Waals surface area contributed by atoms with Crippen LogP contribution in [0.3, 0.4) is 0 Å². The Kier molecular flexibility index (Phi) is 6.08. The SMILES string of the molecule is CCCNC(c1nccn1CCC)C1CCCC(C)C1. The summed E-state index contributed by atoms with van der Waals surface area (Å²) in [6, 6.07) is 0.444. The number of nitrogens with zero attached hydrogens (tertiary/aromatic N) is 2. The molecule has 1 fully saturated rings. The molecule has 3 atom stereocenters. The number of imidazole rings is 1. The average Bonchev–Trinajstić information content (AvgIpc) is 2.88. The number of nitrogens with one attached hydrogen (secondary N) is 1. The van der Waals surface area contributed by atoms with Crippen LogP contribution < -0.4 is 5.32 Å². The molecule has 1 aromatic heterocycles. The van der Waals surface area contributed by atoms with E-state index in [9.17, 15) is 0 Å². The van der Waals surface area contributed by atoms with Gasteiger partial charge in [-0.15, -0.1) is 0 Å². The molecule has 3 nitrogen and oxygen atoms in total. The second kappa shape index (κ2) is 7.82. The standard InChI is InChI=1S/C17H31N3/c1-4-9-18-16(15-8-6-7-14(3)13-15)17-19-10-12-20(17)11-5-2/h10,12,14-16,18H,4-9,11,13H2,1-3H3. The molecule has 2 rings (SSSR count). The van der Waals surface area contributed by atoms with Crippen LogP contribution >= 0.6 is 0 Å². The van der Waals surface area contributed by atoms with E-state index in [1.54, 1.807) is 0 Å². The lowest BCUT2D eigenvalue weighted by atomic mass is 9.78. The lowest BCUT2D eigenvalue weighted by molar-refractivity contribution is 0.215. The van der Waals surface area contributed by atoms with Crippen LogP contribution in [0.5, 0.6) is 0 Å². The first-order chi connectivity index (χ1) is 9.76. The van der Waals surface area contributed by atoms with Crippen molar-refractivity contribution < 1.29 is 0 Å². The molecule has 1 aliphatic rings. The molecular weight excluding hydrogens is 246 g/mol. The smallest absolute Gasteiger partial charge is 0.126 e. The molecule has 3 unspecified atom stereocenters. The highest BCUT2D eigenvalue weighted by molar-refractivity contribution is 5.03. The van der Waals surface area contributed by atoms with E-state index in [0.717, 1.165) is 24.9 Å². The summed E-state index contributed by atoms with van der Waals surface area (Å²) in [5, 5.41) is 3.78. The van der Waals surface area contributed by atoms with E-state index in [2.05, 4.69) is 41.8 Å². The van der Waals surface area contributed by atoms with Crippen molar-refractivity contribution in [2.45, 2.75) is 71.9 Å². The zero-order valence-corrected chi connectivity index (χ0v) is 13.4. The lowest BCUT2D eigenvalue weighted by Gasteiger charge is -2.34. The monoisotopic (exact) mass is 277 g/mol. The quantitative estimate of drug-likeness (QED) is 0.811. The topological polar surface area (TPSA) is 29.9 Å². The molecule has 1 N–H and O–H groups in total. The van der Waals surface area contributed by atoms with Gasteiger partial charge >= 0.3 is 0 Å². The molecule has 0 amide bonds. The van der Waals surface area contributed by atoms with Crippen LogP contribution in [0.2, 0.25) is 0 Å². The molecule has 0 saturated heterocycles. The maximum Gasteiger partial charge on any atom is 0.126 e. The van der Waals surface area contributed by atoms with E-state index >= 15 is 0 Å². The predicted octanol–water partition coefficient (Wildman–Crippen LogP) is 4.16. The van der Waals surface area contributed by atoms with Crippen molar-refractivity contribution in [1.82, 2.24) is 14.9 Å². The van der Waals surface area contributed by atoms with E-state index < -0.39 is 0 Å². The van der Waals surface area contributed by atoms with Gasteiger partial charge in [-0.1, -0.05) is 33.6 Å². The summed E-state index contributed by atoms with van der Waals surface area (Å²) in [6.45, 7) is 9.06. The first kappa shape index (κ1) is 15.6. The van der Waals surface area contributed by atoms with Gasteiger partial charge in [0.25, 0.3) is 0 Å². The number of aryl methyl sites for hydroxylation is 1. The Balaban J connectivity index is 2.15. The van der Waals surface area contributed by atoms with Crippen molar-refractivity contribution >= 4 is 0 Å². The van der Waals surface area contributed by atoms with Crippen LogP contribution in [0, 0.1) is 11.8 Å². The van der Waals surface area contributed by atoms with E-state index in [1.807, 2.05) is 6.20 Å². The van der Waals surface area contributed by atoms with E-state index in [1.165, 1.54) is 44.3 Å². The average molecular weight is 277 g/mol. The van der Waals surface area contributed by atoms with Gasteiger partial charge in [0.05, 0.1) is 6.04 Å². The first-order valence-electron chi connectivity index (χ1n) is 8.50. The number of rotatable bonds is 7. The summed E-state index contributed by atoms with van der Waals surface area (Å²) in [5.74, 6) is 2.89. The highest BCUT2D eigenvalue weighted by atomic mass is 15.1. The third-order valence-electron chi connectivity index (χ3n) is 4.55. The van der Waals surface area contributed by atoms with Gasteiger partial charge in [-0.2, -0.15) is 0 Å². The summed E-state index contributed by atoms with van der Waals surface area (Å²) in [5.41, 5.74) is 0. The van der Waals surface area contributed by atoms with Crippen LogP contribution in [0.25, 0.3) is 0 Å². The molecule has 3 heteroatoms. The molecule has 0 bridgehead atoms. The maximum atomic E-state index is 4.69. The van der Waals surface area contributed by atoms with Crippen molar-refractivity contribution in [3.05, 3.63) is 18.2 Å². The molecule has 0 radical (unpaired) electrons. The molecule has 0 aromatic carbocycles. The van der Waals surface area contributed by atoms with Gasteiger partial charge in [-0.05, 0) is 44.1 Å².